The van der Waals surface area contributed by atoms with Crippen LogP contribution in [0.2, 0.25) is 0 Å². The zero-order chi connectivity index (χ0) is 15.4. The summed E-state index contributed by atoms with van der Waals surface area (Å²) in [5.41, 5.74) is 1.69. The minimum atomic E-state index is 0. The summed E-state index contributed by atoms with van der Waals surface area (Å²) in [5, 5.41) is 7.71. The number of carbonyl (C=O) groups is 1. The highest BCUT2D eigenvalue weighted by atomic mass is 35.5. The van der Waals surface area contributed by atoms with Crippen molar-refractivity contribution in [1.82, 2.24) is 10.2 Å². The predicted molar refractivity (Wildman–Crippen MR) is 106 cm³/mol. The standard InChI is InChI=1S/C18H26N2OS.2ClH/c1-2-3-4-5-17(21)20(13-15-6-11-22-14-15)16-12-18(16)7-9-19-10-8-18;;/h2,6,11,14,16,19H,1,3-5,7-10,12-13H2;2*1H. The van der Waals surface area contributed by atoms with Gasteiger partial charge in [0, 0.05) is 19.0 Å². The van der Waals surface area contributed by atoms with Crippen LogP contribution >= 0.6 is 36.2 Å². The van der Waals surface area contributed by atoms with E-state index in [0.717, 1.165) is 32.5 Å². The molecule has 1 aliphatic carbocycles. The minimum Gasteiger partial charge on any atom is -0.335 e. The largest absolute Gasteiger partial charge is 0.335 e. The van der Waals surface area contributed by atoms with Crippen molar-refractivity contribution in [2.45, 2.75) is 51.1 Å². The first-order chi connectivity index (χ1) is 10.7. The Morgan fingerprint density at radius 2 is 2.17 bits per heavy atom. The molecule has 24 heavy (non-hydrogen) atoms. The van der Waals surface area contributed by atoms with Gasteiger partial charge in [-0.25, -0.2) is 0 Å². The van der Waals surface area contributed by atoms with Gasteiger partial charge in [0.15, 0.2) is 0 Å². The first-order valence-corrected chi connectivity index (χ1v) is 9.32. The summed E-state index contributed by atoms with van der Waals surface area (Å²) in [6.07, 6.45) is 8.05. The summed E-state index contributed by atoms with van der Waals surface area (Å²) >= 11 is 1.71. The molecule has 1 saturated heterocycles. The normalized spacial score (nSPS) is 20.6. The first-order valence-electron chi connectivity index (χ1n) is 8.37. The molecule has 1 atom stereocenters. The number of thiophene rings is 1. The van der Waals surface area contributed by atoms with Crippen LogP contribution in [0.25, 0.3) is 0 Å². The van der Waals surface area contributed by atoms with E-state index in [9.17, 15) is 4.79 Å². The van der Waals surface area contributed by atoms with E-state index in [4.69, 9.17) is 0 Å². The van der Waals surface area contributed by atoms with Crippen molar-refractivity contribution in [3.8, 4) is 0 Å². The van der Waals surface area contributed by atoms with Gasteiger partial charge in [-0.3, -0.25) is 4.79 Å². The molecule has 1 N–H and O–H groups in total. The number of unbranched alkanes of at least 4 members (excludes halogenated alkanes) is 1. The second kappa shape index (κ2) is 9.81. The number of nitrogens with zero attached hydrogens (tertiary/aromatic N) is 1. The average molecular weight is 391 g/mol. The van der Waals surface area contributed by atoms with Crippen LogP contribution in [0.3, 0.4) is 0 Å². The number of hydrogen-bond donors (Lipinski definition) is 1. The second-order valence-corrected chi connectivity index (χ2v) is 7.45. The lowest BCUT2D eigenvalue weighted by atomic mass is 9.93. The molecule has 6 heteroatoms. The van der Waals surface area contributed by atoms with Crippen molar-refractivity contribution < 1.29 is 4.79 Å². The van der Waals surface area contributed by atoms with Crippen molar-refractivity contribution in [2.75, 3.05) is 13.1 Å². The van der Waals surface area contributed by atoms with E-state index < -0.39 is 0 Å². The Morgan fingerprint density at radius 3 is 2.79 bits per heavy atom. The van der Waals surface area contributed by atoms with Gasteiger partial charge in [0.2, 0.25) is 5.91 Å². The maximum atomic E-state index is 12.7. The SMILES string of the molecule is C=CCCCC(=O)N(Cc1ccsc1)C1CC12CCNCC2.Cl.Cl. The van der Waals surface area contributed by atoms with E-state index in [1.54, 1.807) is 11.3 Å². The van der Waals surface area contributed by atoms with E-state index in [1.807, 2.05) is 6.08 Å². The van der Waals surface area contributed by atoms with Crippen molar-refractivity contribution in [3.05, 3.63) is 35.0 Å². The van der Waals surface area contributed by atoms with E-state index in [-0.39, 0.29) is 24.8 Å². The third kappa shape index (κ3) is 4.98. The van der Waals surface area contributed by atoms with Gasteiger partial charge in [0.05, 0.1) is 0 Å². The number of nitrogens with one attached hydrogen (secondary N) is 1. The number of allylic oxidation sites excluding steroid dienone is 1. The molecule has 1 saturated carbocycles. The number of carbonyl (C=O) groups excluding carboxylic acids is 1. The maximum Gasteiger partial charge on any atom is 0.223 e. The Morgan fingerprint density at radius 1 is 1.42 bits per heavy atom. The van der Waals surface area contributed by atoms with E-state index in [0.29, 0.717) is 23.8 Å². The molecule has 0 radical (unpaired) electrons. The summed E-state index contributed by atoms with van der Waals surface area (Å²) in [6.45, 7) is 6.75. The van der Waals surface area contributed by atoms with Gasteiger partial charge in [-0.05, 0) is 73.0 Å². The number of rotatable bonds is 7. The van der Waals surface area contributed by atoms with Crippen LogP contribution in [0.1, 0.15) is 44.1 Å². The molecule has 1 amide bonds. The van der Waals surface area contributed by atoms with Crippen LogP contribution in [-0.4, -0.2) is 29.9 Å². The second-order valence-electron chi connectivity index (χ2n) is 6.67. The van der Waals surface area contributed by atoms with Crippen LogP contribution in [0, 0.1) is 5.41 Å². The fraction of sp³-hybridized carbons (Fsp3) is 0.611. The van der Waals surface area contributed by atoms with Crippen molar-refractivity contribution >= 4 is 42.1 Å². The summed E-state index contributed by atoms with van der Waals surface area (Å²) in [5.74, 6) is 0.327. The summed E-state index contributed by atoms with van der Waals surface area (Å²) in [6, 6.07) is 2.61. The minimum absolute atomic E-state index is 0. The Labute approximate surface area is 161 Å². The van der Waals surface area contributed by atoms with E-state index in [2.05, 4.69) is 33.6 Å². The van der Waals surface area contributed by atoms with Gasteiger partial charge in [-0.15, -0.1) is 31.4 Å². The number of halogens is 2. The molecule has 1 aromatic heterocycles. The topological polar surface area (TPSA) is 32.3 Å². The average Bonchev–Trinajstić information content (AvgIpc) is 2.98. The number of piperidine rings is 1. The highest BCUT2D eigenvalue weighted by Crippen LogP contribution is 2.56. The first kappa shape index (κ1) is 21.5. The molecule has 3 rings (SSSR count). The van der Waals surface area contributed by atoms with Crippen molar-refractivity contribution in [1.29, 1.82) is 0 Å². The van der Waals surface area contributed by atoms with Crippen LogP contribution < -0.4 is 5.32 Å². The highest BCUT2D eigenvalue weighted by Gasteiger charge is 2.57. The summed E-state index contributed by atoms with van der Waals surface area (Å²) < 4.78 is 0. The Balaban J connectivity index is 0.00000144. The molecule has 2 heterocycles. The molecule has 3 nitrogen and oxygen atoms in total. The Hall–Kier alpha value is -0.550. The summed E-state index contributed by atoms with van der Waals surface area (Å²) in [7, 11) is 0. The summed E-state index contributed by atoms with van der Waals surface area (Å²) in [4.78, 5) is 14.9. The van der Waals surface area contributed by atoms with Gasteiger partial charge in [0.1, 0.15) is 0 Å². The zero-order valence-corrected chi connectivity index (χ0v) is 16.5. The van der Waals surface area contributed by atoms with Gasteiger partial charge in [-0.2, -0.15) is 11.3 Å². The molecule has 1 unspecified atom stereocenters. The lowest BCUT2D eigenvalue weighted by molar-refractivity contribution is -0.133. The molecule has 0 bridgehead atoms. The third-order valence-corrected chi connectivity index (χ3v) is 5.91. The van der Waals surface area contributed by atoms with Gasteiger partial charge >= 0.3 is 0 Å². The van der Waals surface area contributed by atoms with Crippen LogP contribution in [0.15, 0.2) is 29.5 Å². The van der Waals surface area contributed by atoms with E-state index in [1.165, 1.54) is 24.8 Å². The lowest BCUT2D eigenvalue weighted by Gasteiger charge is -2.29. The molecule has 1 aliphatic heterocycles. The van der Waals surface area contributed by atoms with Crippen molar-refractivity contribution in [2.24, 2.45) is 5.41 Å². The van der Waals surface area contributed by atoms with Gasteiger partial charge in [-0.1, -0.05) is 6.08 Å². The van der Waals surface area contributed by atoms with Gasteiger partial charge < -0.3 is 10.2 Å². The van der Waals surface area contributed by atoms with Crippen LogP contribution in [-0.2, 0) is 11.3 Å². The zero-order valence-electron chi connectivity index (χ0n) is 14.0. The van der Waals surface area contributed by atoms with Gasteiger partial charge in [0.25, 0.3) is 0 Å². The molecule has 0 aromatic carbocycles. The molecular formula is C18H28Cl2N2OS. The molecule has 2 aliphatic rings. The molecule has 1 aromatic rings. The maximum absolute atomic E-state index is 12.7. The van der Waals surface area contributed by atoms with Crippen LogP contribution in [0.4, 0.5) is 0 Å². The molecular weight excluding hydrogens is 363 g/mol. The molecule has 1 spiro atoms. The number of hydrogen-bond acceptors (Lipinski definition) is 3. The smallest absolute Gasteiger partial charge is 0.223 e. The fourth-order valence-electron chi connectivity index (χ4n) is 3.72. The fourth-order valence-corrected chi connectivity index (χ4v) is 4.38. The Bertz CT molecular complexity index is 515. The lowest BCUT2D eigenvalue weighted by Crippen LogP contribution is -2.39. The van der Waals surface area contributed by atoms with Crippen molar-refractivity contribution in [3.63, 3.8) is 0 Å². The third-order valence-electron chi connectivity index (χ3n) is 5.17. The highest BCUT2D eigenvalue weighted by molar-refractivity contribution is 7.07. The van der Waals surface area contributed by atoms with Crippen LogP contribution in [0.5, 0.6) is 0 Å². The van der Waals surface area contributed by atoms with E-state index >= 15 is 0 Å². The number of amides is 1. The molecule has 2 fully saturated rings. The monoisotopic (exact) mass is 390 g/mol. The quantitative estimate of drug-likeness (QED) is 0.551. The predicted octanol–water partition coefficient (Wildman–Crippen LogP) is 4.42. The Kier molecular flexibility index (Phi) is 8.78. The molecule has 136 valence electrons.